The monoisotopic (exact) mass is 829 g/mol. The number of Topliss-reactive ketones (excluding diaryl/α,β-unsaturated/α-hetero) is 2. The van der Waals surface area contributed by atoms with Crippen LogP contribution in [0, 0.1) is 36.8 Å². The Balaban J connectivity index is 0.000000209. The Kier molecular flexibility index (Phi) is 11.2. The smallest absolute Gasteiger partial charge is 0.323 e. The third-order valence-electron chi connectivity index (χ3n) is 13.4. The molecule has 60 heavy (non-hydrogen) atoms. The summed E-state index contributed by atoms with van der Waals surface area (Å²) in [5.74, 6) is -0.0758. The number of rotatable bonds is 2. The fraction of sp³-hybridized carbons (Fsp3) is 0.619. The van der Waals surface area contributed by atoms with E-state index in [1.807, 2.05) is 20.8 Å². The number of hydroxylamine groups is 1. The van der Waals surface area contributed by atoms with Gasteiger partial charge in [-0.15, -0.1) is 0 Å². The van der Waals surface area contributed by atoms with Crippen LogP contribution in [0.3, 0.4) is 0 Å². The molecular formula is C42H57N11O7. The molecule has 0 radical (unpaired) electrons. The molecular weight excluding hydrogens is 771 g/mol. The second-order valence-corrected chi connectivity index (χ2v) is 18.0. The van der Waals surface area contributed by atoms with E-state index in [9.17, 15) is 28.8 Å². The first-order valence-electron chi connectivity index (χ1n) is 20.8. The van der Waals surface area contributed by atoms with Crippen LogP contribution in [0.4, 0.5) is 21.2 Å². The average molecular weight is 830 g/mol. The van der Waals surface area contributed by atoms with Gasteiger partial charge in [-0.3, -0.25) is 23.7 Å². The van der Waals surface area contributed by atoms with Crippen LogP contribution in [0.5, 0.6) is 0 Å². The van der Waals surface area contributed by atoms with Gasteiger partial charge in [-0.2, -0.15) is 10.2 Å². The Morgan fingerprint density at radius 2 is 1.27 bits per heavy atom. The van der Waals surface area contributed by atoms with Gasteiger partial charge in [-0.05, 0) is 65.2 Å². The zero-order valence-corrected chi connectivity index (χ0v) is 36.5. The molecule has 0 spiro atoms. The zero-order chi connectivity index (χ0) is 45.9. The van der Waals surface area contributed by atoms with E-state index in [4.69, 9.17) is 24.8 Å². The van der Waals surface area contributed by atoms with Gasteiger partial charge in [0.1, 0.15) is 22.7 Å². The first kappa shape index (κ1) is 43.8. The Labute approximate surface area is 352 Å². The summed E-state index contributed by atoms with van der Waals surface area (Å²) < 4.78 is 8.93. The van der Waals surface area contributed by atoms with Gasteiger partial charge in [0.15, 0.2) is 5.78 Å². The highest BCUT2D eigenvalue weighted by Crippen LogP contribution is 2.54. The molecule has 2 saturated heterocycles. The van der Waals surface area contributed by atoms with Crippen molar-refractivity contribution in [2.75, 3.05) is 16.8 Å². The molecule has 0 aromatic carbocycles. The van der Waals surface area contributed by atoms with Crippen molar-refractivity contribution in [3.05, 3.63) is 57.1 Å². The van der Waals surface area contributed by atoms with Crippen molar-refractivity contribution in [3.63, 3.8) is 0 Å². The summed E-state index contributed by atoms with van der Waals surface area (Å²) in [6.07, 6.45) is 4.93. The lowest BCUT2D eigenvalue weighted by Gasteiger charge is -2.46. The first-order chi connectivity index (χ1) is 28.5. The summed E-state index contributed by atoms with van der Waals surface area (Å²) in [6.45, 7) is 29.4. The van der Waals surface area contributed by atoms with Crippen LogP contribution >= 0.6 is 0 Å². The highest BCUT2D eigenvalue weighted by molar-refractivity contribution is 6.23. The molecule has 4 aliphatic carbocycles. The van der Waals surface area contributed by atoms with Gasteiger partial charge in [0, 0.05) is 62.7 Å². The van der Waals surface area contributed by atoms with Gasteiger partial charge in [0.25, 0.3) is 17.9 Å². The van der Waals surface area contributed by atoms with Crippen LogP contribution in [0.25, 0.3) is 9.69 Å². The summed E-state index contributed by atoms with van der Waals surface area (Å²) in [5.41, 5.74) is 2.22. The van der Waals surface area contributed by atoms with Crippen LogP contribution in [0.1, 0.15) is 106 Å². The maximum Gasteiger partial charge on any atom is 0.330 e. The third-order valence-corrected chi connectivity index (χ3v) is 13.4. The van der Waals surface area contributed by atoms with E-state index in [2.05, 4.69) is 32.3 Å². The topological polar surface area (TPSA) is 210 Å². The minimum atomic E-state index is -0.974. The highest BCUT2D eigenvalue weighted by Gasteiger charge is 2.58. The molecule has 2 aliphatic heterocycles. The standard InChI is InChI=1S/C20H25N5O3.C20H23N5O3.CH5NO.CH4/c2*1-10-12-8-7-11-15(20(12,4)9-13(21-5)14(10)26)23-24(6)16(11)25-17(27)19(2,3)22-18(25)28;1-2-3;/h10,12-13H,7-9H2,1-4,6H3,(H,22,28);9-10,12H,7-8H2,1-4,6H3,(H,22,28);2-3H,1H3;1H4/t10-,12-,13?,20-;10-,12-,20-;;/m00../s1/i;;;1T. The van der Waals surface area contributed by atoms with E-state index in [1.54, 1.807) is 62.7 Å². The van der Waals surface area contributed by atoms with E-state index >= 15 is 0 Å². The number of hydrogen-bond donors (Lipinski definition) is 4. The number of imide groups is 2. The van der Waals surface area contributed by atoms with Crippen LogP contribution in [-0.2, 0) is 56.9 Å². The number of ketones is 2. The van der Waals surface area contributed by atoms with Gasteiger partial charge in [0.05, 0.1) is 18.0 Å². The minimum absolute atomic E-state index is 0.0212. The summed E-state index contributed by atoms with van der Waals surface area (Å²) in [4.78, 5) is 85.2. The van der Waals surface area contributed by atoms with Crippen LogP contribution < -0.4 is 25.9 Å². The molecule has 2 aromatic rings. The largest absolute Gasteiger partial charge is 0.330 e. The Bertz CT molecular complexity index is 2320. The van der Waals surface area contributed by atoms with Crippen molar-refractivity contribution in [1.29, 1.82) is 0 Å². The van der Waals surface area contributed by atoms with E-state index in [1.165, 1.54) is 24.3 Å². The summed E-state index contributed by atoms with van der Waals surface area (Å²) in [7, 11) is 6.14. The molecule has 6 amide bonds. The number of aromatic nitrogens is 4. The Morgan fingerprint density at radius 3 is 1.70 bits per heavy atom. The molecule has 2 aromatic heterocycles. The lowest BCUT2D eigenvalue weighted by atomic mass is 9.55. The number of urea groups is 2. The normalized spacial score (nSPS) is 30.8. The van der Waals surface area contributed by atoms with Crippen molar-refractivity contribution < 1.29 is 35.3 Å². The lowest BCUT2D eigenvalue weighted by molar-refractivity contribution is -0.129. The van der Waals surface area contributed by atoms with Gasteiger partial charge in [-0.1, -0.05) is 41.2 Å². The predicted octanol–water partition coefficient (Wildman–Crippen LogP) is 4.30. The maximum absolute atomic E-state index is 12.8. The quantitative estimate of drug-likeness (QED) is 0.192. The van der Waals surface area contributed by atoms with Crippen LogP contribution in [-0.4, -0.2) is 84.4 Å². The van der Waals surface area contributed by atoms with Gasteiger partial charge in [0.2, 0.25) is 11.5 Å². The number of anilines is 2. The molecule has 6 aliphatic rings. The van der Waals surface area contributed by atoms with Crippen molar-refractivity contribution in [3.8, 4) is 0 Å². The highest BCUT2D eigenvalue weighted by atomic mass is 16.5. The number of fused-ring (bicyclic) bond motifs is 6. The zero-order valence-electron chi connectivity index (χ0n) is 37.5. The molecule has 18 nitrogen and oxygen atoms in total. The number of amides is 6. The molecule has 1 unspecified atom stereocenters. The summed E-state index contributed by atoms with van der Waals surface area (Å²) in [6, 6.07) is -1.57. The fourth-order valence-corrected chi connectivity index (χ4v) is 10.4. The molecule has 3 fully saturated rings. The first-order valence-corrected chi connectivity index (χ1v) is 19.8. The van der Waals surface area contributed by atoms with Gasteiger partial charge < -0.3 is 25.5 Å². The fourth-order valence-electron chi connectivity index (χ4n) is 10.4. The number of carbonyl (C=O) groups is 6. The summed E-state index contributed by atoms with van der Waals surface area (Å²) >= 11 is 0. The SMILES string of the molecule is CNO.[3H]C.[C-]#[N+]C1=C[C@]2(C)c3nn(C)c(N4C(=O)NC(C)(C)C4=O)c3CC[C@H]2[C@H](C)C1=O.[C-]#[N+]C1C[C@]2(C)c3nn(C)c(N4C(=O)NC(C)(C)C4=O)c3CC[C@H]2[C@H](C)C1=O. The molecule has 4 heterocycles. The number of allylic oxidation sites excluding steroid dienone is 2. The number of hydrogen-bond acceptors (Lipinski definition) is 10. The molecule has 18 heteroatoms. The second kappa shape index (κ2) is 15.4. The third kappa shape index (κ3) is 6.60. The number of aryl methyl sites for hydroxylation is 2. The van der Waals surface area contributed by atoms with Crippen molar-refractivity contribution in [1.82, 2.24) is 35.7 Å². The van der Waals surface area contributed by atoms with Crippen LogP contribution in [0.2, 0.25) is 0 Å². The van der Waals surface area contributed by atoms with Gasteiger partial charge >= 0.3 is 12.1 Å². The average Bonchev–Trinajstić information content (AvgIpc) is 3.84. The molecule has 8 rings (SSSR count). The number of nitrogens with zero attached hydrogens (tertiary/aromatic N) is 8. The summed E-state index contributed by atoms with van der Waals surface area (Å²) in [5, 5.41) is 22.2. The van der Waals surface area contributed by atoms with Crippen molar-refractivity contribution >= 4 is 47.1 Å². The molecule has 0 bridgehead atoms. The lowest BCUT2D eigenvalue weighted by Crippen LogP contribution is -2.51. The number of nitrogens with one attached hydrogen (secondary N) is 3. The van der Waals surface area contributed by atoms with Crippen molar-refractivity contribution in [2.45, 2.75) is 123 Å². The molecule has 322 valence electrons. The van der Waals surface area contributed by atoms with Crippen LogP contribution in [0.15, 0.2) is 11.8 Å². The van der Waals surface area contributed by atoms with Gasteiger partial charge in [-0.25, -0.2) is 36.3 Å². The van der Waals surface area contributed by atoms with E-state index < -0.39 is 40.0 Å². The van der Waals surface area contributed by atoms with E-state index in [0.29, 0.717) is 30.9 Å². The molecule has 1 saturated carbocycles. The van der Waals surface area contributed by atoms with E-state index in [-0.39, 0.29) is 52.7 Å². The molecule has 4 N–H and O–H groups in total. The number of carbonyl (C=O) groups excluding carboxylic acids is 6. The maximum atomic E-state index is 12.8. The predicted molar refractivity (Wildman–Crippen MR) is 221 cm³/mol. The van der Waals surface area contributed by atoms with E-state index in [0.717, 1.165) is 35.4 Å². The van der Waals surface area contributed by atoms with Crippen molar-refractivity contribution in [2.24, 2.45) is 37.8 Å². The second-order valence-electron chi connectivity index (χ2n) is 18.0. The molecule has 7 atom stereocenters. The Hall–Kier alpha value is -5.72. The minimum Gasteiger partial charge on any atom is -0.323 e. The Morgan fingerprint density at radius 1 is 0.817 bits per heavy atom.